The van der Waals surface area contributed by atoms with Crippen LogP contribution in [0.5, 0.6) is 5.88 Å². The van der Waals surface area contributed by atoms with Crippen LogP contribution in [0.25, 0.3) is 0 Å². The van der Waals surface area contributed by atoms with Gasteiger partial charge in [-0.3, -0.25) is 4.79 Å². The summed E-state index contributed by atoms with van der Waals surface area (Å²) in [5, 5.41) is 0. The van der Waals surface area contributed by atoms with Gasteiger partial charge in [0.15, 0.2) is 0 Å². The Labute approximate surface area is 142 Å². The van der Waals surface area contributed by atoms with Crippen LogP contribution in [0, 0.1) is 0 Å². The first-order valence-corrected chi connectivity index (χ1v) is 7.83. The standard InChI is InChI=1S/C17H16F3N3O2/c18-17(19,20)14-4-2-1-3-13(14)16(24)23-9-6-12(7-10-23)25-15-5-8-21-11-22-15/h1-5,8,11-12H,6-7,9-10H2. The first-order chi connectivity index (χ1) is 11.9. The number of benzene rings is 1. The Bertz CT molecular complexity index is 729. The second kappa shape index (κ2) is 7.08. The molecule has 5 nitrogen and oxygen atoms in total. The van der Waals surface area contributed by atoms with Gasteiger partial charge in [-0.25, -0.2) is 9.97 Å². The highest BCUT2D eigenvalue weighted by Crippen LogP contribution is 2.32. The molecule has 1 saturated heterocycles. The van der Waals surface area contributed by atoms with Crippen molar-refractivity contribution in [2.24, 2.45) is 0 Å². The fourth-order valence-electron chi connectivity index (χ4n) is 2.78. The van der Waals surface area contributed by atoms with Crippen molar-refractivity contribution in [3.05, 3.63) is 54.0 Å². The summed E-state index contributed by atoms with van der Waals surface area (Å²) >= 11 is 0. The zero-order valence-corrected chi connectivity index (χ0v) is 13.2. The average molecular weight is 351 g/mol. The fourth-order valence-corrected chi connectivity index (χ4v) is 2.78. The normalized spacial score (nSPS) is 15.9. The highest BCUT2D eigenvalue weighted by atomic mass is 19.4. The maximum atomic E-state index is 13.1. The molecule has 0 radical (unpaired) electrons. The molecule has 1 aromatic heterocycles. The lowest BCUT2D eigenvalue weighted by molar-refractivity contribution is -0.138. The molecule has 1 aliphatic heterocycles. The summed E-state index contributed by atoms with van der Waals surface area (Å²) in [6, 6.07) is 6.50. The Balaban J connectivity index is 1.65. The van der Waals surface area contributed by atoms with E-state index in [2.05, 4.69) is 9.97 Å². The van der Waals surface area contributed by atoms with E-state index in [1.54, 1.807) is 12.3 Å². The van der Waals surface area contributed by atoms with Gasteiger partial charge in [-0.05, 0) is 12.1 Å². The number of amides is 1. The minimum Gasteiger partial charge on any atom is -0.474 e. The van der Waals surface area contributed by atoms with Crippen molar-refractivity contribution in [2.45, 2.75) is 25.1 Å². The summed E-state index contributed by atoms with van der Waals surface area (Å²) in [5.41, 5.74) is -1.22. The number of hydrogen-bond acceptors (Lipinski definition) is 4. The zero-order chi connectivity index (χ0) is 17.9. The molecule has 2 aromatic rings. The number of likely N-dealkylation sites (tertiary alicyclic amines) is 1. The molecule has 0 atom stereocenters. The summed E-state index contributed by atoms with van der Waals surface area (Å²) < 4.78 is 44.9. The summed E-state index contributed by atoms with van der Waals surface area (Å²) in [6.45, 7) is 0.668. The third-order valence-electron chi connectivity index (χ3n) is 4.03. The number of piperidine rings is 1. The molecule has 0 N–H and O–H groups in total. The largest absolute Gasteiger partial charge is 0.474 e. The fraction of sp³-hybridized carbons (Fsp3) is 0.353. The van der Waals surface area contributed by atoms with Crippen molar-refractivity contribution >= 4 is 5.91 Å². The summed E-state index contributed by atoms with van der Waals surface area (Å²) in [7, 11) is 0. The first kappa shape index (κ1) is 17.2. The van der Waals surface area contributed by atoms with Gasteiger partial charge >= 0.3 is 6.18 Å². The van der Waals surface area contributed by atoms with Crippen molar-refractivity contribution in [1.29, 1.82) is 0 Å². The summed E-state index contributed by atoms with van der Waals surface area (Å²) in [5.74, 6) is -0.157. The molecule has 0 aliphatic carbocycles. The predicted octanol–water partition coefficient (Wildman–Crippen LogP) is 3.18. The second-order valence-electron chi connectivity index (χ2n) is 5.70. The molecule has 0 saturated carbocycles. The number of alkyl halides is 3. The van der Waals surface area contributed by atoms with E-state index in [0.717, 1.165) is 6.07 Å². The molecule has 3 rings (SSSR count). The number of ether oxygens (including phenoxy) is 1. The van der Waals surface area contributed by atoms with Gasteiger partial charge in [0.05, 0.1) is 11.1 Å². The van der Waals surface area contributed by atoms with Crippen LogP contribution in [0.3, 0.4) is 0 Å². The van der Waals surface area contributed by atoms with Crippen LogP contribution in [0.2, 0.25) is 0 Å². The van der Waals surface area contributed by atoms with Gasteiger partial charge in [0.1, 0.15) is 12.4 Å². The van der Waals surface area contributed by atoms with E-state index in [4.69, 9.17) is 4.74 Å². The molecule has 1 aromatic carbocycles. The van der Waals surface area contributed by atoms with Gasteiger partial charge in [0.2, 0.25) is 5.88 Å². The van der Waals surface area contributed by atoms with Crippen LogP contribution in [0.1, 0.15) is 28.8 Å². The Morgan fingerprint density at radius 2 is 1.88 bits per heavy atom. The maximum absolute atomic E-state index is 13.1. The Morgan fingerprint density at radius 3 is 2.52 bits per heavy atom. The molecule has 1 aliphatic rings. The highest BCUT2D eigenvalue weighted by Gasteiger charge is 2.36. The third-order valence-corrected chi connectivity index (χ3v) is 4.03. The topological polar surface area (TPSA) is 55.3 Å². The van der Waals surface area contributed by atoms with Crippen molar-refractivity contribution in [2.75, 3.05) is 13.1 Å². The smallest absolute Gasteiger partial charge is 0.417 e. The van der Waals surface area contributed by atoms with E-state index in [9.17, 15) is 18.0 Å². The van der Waals surface area contributed by atoms with Crippen LogP contribution in [0.15, 0.2) is 42.9 Å². The molecule has 1 amide bonds. The molecule has 0 unspecified atom stereocenters. The van der Waals surface area contributed by atoms with Crippen LogP contribution >= 0.6 is 0 Å². The molecule has 0 bridgehead atoms. The van der Waals surface area contributed by atoms with Crippen molar-refractivity contribution in [3.8, 4) is 5.88 Å². The lowest BCUT2D eigenvalue weighted by Gasteiger charge is -2.32. The Hall–Kier alpha value is -2.64. The van der Waals surface area contributed by atoms with Crippen LogP contribution in [-0.4, -0.2) is 40.0 Å². The minimum atomic E-state index is -4.55. The lowest BCUT2D eigenvalue weighted by Crippen LogP contribution is -2.42. The quantitative estimate of drug-likeness (QED) is 0.852. The third kappa shape index (κ3) is 4.07. The highest BCUT2D eigenvalue weighted by molar-refractivity contribution is 5.96. The van der Waals surface area contributed by atoms with Crippen molar-refractivity contribution < 1.29 is 22.7 Å². The lowest BCUT2D eigenvalue weighted by atomic mass is 10.0. The molecule has 1 fully saturated rings. The first-order valence-electron chi connectivity index (χ1n) is 7.83. The van der Waals surface area contributed by atoms with E-state index >= 15 is 0 Å². The molecular formula is C17H16F3N3O2. The van der Waals surface area contributed by atoms with E-state index < -0.39 is 17.6 Å². The zero-order valence-electron chi connectivity index (χ0n) is 13.2. The predicted molar refractivity (Wildman–Crippen MR) is 83.0 cm³/mol. The van der Waals surface area contributed by atoms with E-state index in [-0.39, 0.29) is 11.7 Å². The Kier molecular flexibility index (Phi) is 4.87. The number of carbonyl (C=O) groups excluding carboxylic acids is 1. The van der Waals surface area contributed by atoms with Crippen LogP contribution in [0.4, 0.5) is 13.2 Å². The average Bonchev–Trinajstić information content (AvgIpc) is 2.62. The molecule has 8 heteroatoms. The monoisotopic (exact) mass is 351 g/mol. The molecule has 2 heterocycles. The number of hydrogen-bond donors (Lipinski definition) is 0. The molecular weight excluding hydrogens is 335 g/mol. The van der Waals surface area contributed by atoms with Crippen molar-refractivity contribution in [3.63, 3.8) is 0 Å². The molecule has 25 heavy (non-hydrogen) atoms. The van der Waals surface area contributed by atoms with Gasteiger partial charge in [-0.15, -0.1) is 0 Å². The van der Waals surface area contributed by atoms with Crippen molar-refractivity contribution in [1.82, 2.24) is 14.9 Å². The number of aromatic nitrogens is 2. The summed E-state index contributed by atoms with van der Waals surface area (Å²) in [4.78, 5) is 21.7. The number of carbonyl (C=O) groups is 1. The van der Waals surface area contributed by atoms with E-state index in [0.29, 0.717) is 31.8 Å². The van der Waals surface area contributed by atoms with Crippen LogP contribution < -0.4 is 4.74 Å². The van der Waals surface area contributed by atoms with Gasteiger partial charge in [-0.1, -0.05) is 12.1 Å². The summed E-state index contributed by atoms with van der Waals surface area (Å²) in [6.07, 6.45) is -0.678. The number of nitrogens with zero attached hydrogens (tertiary/aromatic N) is 3. The molecule has 132 valence electrons. The minimum absolute atomic E-state index is 0.128. The van der Waals surface area contributed by atoms with Gasteiger partial charge in [0.25, 0.3) is 5.91 Å². The van der Waals surface area contributed by atoms with Gasteiger partial charge < -0.3 is 9.64 Å². The van der Waals surface area contributed by atoms with Gasteiger partial charge in [0, 0.05) is 38.2 Å². The number of rotatable bonds is 3. The SMILES string of the molecule is O=C(c1ccccc1C(F)(F)F)N1CCC(Oc2ccncn2)CC1. The maximum Gasteiger partial charge on any atom is 0.417 e. The number of halogens is 3. The van der Waals surface area contributed by atoms with E-state index in [1.165, 1.54) is 29.4 Å². The van der Waals surface area contributed by atoms with Gasteiger partial charge in [-0.2, -0.15) is 13.2 Å². The molecule has 0 spiro atoms. The van der Waals surface area contributed by atoms with Crippen LogP contribution in [-0.2, 0) is 6.18 Å². The Morgan fingerprint density at radius 1 is 1.16 bits per heavy atom. The second-order valence-corrected chi connectivity index (χ2v) is 5.70. The van der Waals surface area contributed by atoms with E-state index in [1.807, 2.05) is 0 Å².